The maximum Gasteiger partial charge on any atom is 0.0921 e. The van der Waals surface area contributed by atoms with Crippen LogP contribution in [-0.4, -0.2) is 37.6 Å². The van der Waals surface area contributed by atoms with Crippen molar-refractivity contribution in [1.29, 1.82) is 0 Å². The maximum absolute atomic E-state index is 9.50. The molecule has 1 aliphatic carbocycles. The Morgan fingerprint density at radius 3 is 2.60 bits per heavy atom. The monoisotopic (exact) mass is 217 g/mol. The van der Waals surface area contributed by atoms with Crippen LogP contribution in [0.3, 0.4) is 0 Å². The number of hydrogen-bond acceptors (Lipinski definition) is 4. The number of hydrogen-bond donors (Lipinski definition) is 2. The summed E-state index contributed by atoms with van der Waals surface area (Å²) in [5.74, 6) is 0.838. The van der Waals surface area contributed by atoms with Crippen LogP contribution >= 0.6 is 0 Å². The van der Waals surface area contributed by atoms with Crippen molar-refractivity contribution in [2.75, 3.05) is 20.3 Å². The highest BCUT2D eigenvalue weighted by molar-refractivity contribution is 4.70. The fourth-order valence-corrected chi connectivity index (χ4v) is 1.88. The Balaban J connectivity index is 2.04. The fourth-order valence-electron chi connectivity index (χ4n) is 1.88. The van der Waals surface area contributed by atoms with Gasteiger partial charge in [0, 0.05) is 6.54 Å². The van der Waals surface area contributed by atoms with E-state index in [1.54, 1.807) is 0 Å². The molecule has 0 bridgehead atoms. The van der Waals surface area contributed by atoms with Crippen LogP contribution in [0.1, 0.15) is 32.6 Å². The first-order valence-electron chi connectivity index (χ1n) is 5.78. The summed E-state index contributed by atoms with van der Waals surface area (Å²) in [4.78, 5) is 4.65. The number of nitrogens with one attached hydrogen (secondary N) is 1. The molecular formula is C11H23NO3. The highest BCUT2D eigenvalue weighted by Gasteiger charge is 2.19. The average Bonchev–Trinajstić information content (AvgIpc) is 2.25. The predicted octanol–water partition coefficient (Wildman–Crippen LogP) is 1.09. The molecule has 0 heterocycles. The van der Waals surface area contributed by atoms with Gasteiger partial charge in [-0.25, -0.2) is 5.48 Å². The van der Waals surface area contributed by atoms with Gasteiger partial charge >= 0.3 is 0 Å². The minimum Gasteiger partial charge on any atom is -0.389 e. The van der Waals surface area contributed by atoms with Gasteiger partial charge in [0.1, 0.15) is 0 Å². The molecular weight excluding hydrogens is 194 g/mol. The predicted molar refractivity (Wildman–Crippen MR) is 58.4 cm³/mol. The van der Waals surface area contributed by atoms with Gasteiger partial charge in [-0.2, -0.15) is 0 Å². The molecule has 0 aliphatic heterocycles. The van der Waals surface area contributed by atoms with E-state index in [4.69, 9.17) is 4.74 Å². The van der Waals surface area contributed by atoms with E-state index < -0.39 is 6.10 Å². The first kappa shape index (κ1) is 12.9. The van der Waals surface area contributed by atoms with Crippen molar-refractivity contribution in [3.05, 3.63) is 0 Å². The van der Waals surface area contributed by atoms with Gasteiger partial charge in [0.15, 0.2) is 0 Å². The molecule has 2 N–H and O–H groups in total. The molecule has 0 aromatic carbocycles. The molecule has 1 rings (SSSR count). The summed E-state index contributed by atoms with van der Waals surface area (Å²) in [5.41, 5.74) is 2.61. The molecule has 0 amide bonds. The van der Waals surface area contributed by atoms with Crippen LogP contribution in [0.25, 0.3) is 0 Å². The lowest BCUT2D eigenvalue weighted by Crippen LogP contribution is -2.32. The van der Waals surface area contributed by atoms with Crippen LogP contribution in [-0.2, 0) is 9.57 Å². The smallest absolute Gasteiger partial charge is 0.0921 e. The zero-order chi connectivity index (χ0) is 11.1. The van der Waals surface area contributed by atoms with E-state index in [1.807, 2.05) is 0 Å². The molecule has 15 heavy (non-hydrogen) atoms. The second kappa shape index (κ2) is 7.17. The second-order valence-corrected chi connectivity index (χ2v) is 4.42. The Hall–Kier alpha value is -0.160. The quantitative estimate of drug-likeness (QED) is 0.654. The lowest BCUT2D eigenvalue weighted by Gasteiger charge is -2.27. The van der Waals surface area contributed by atoms with Crippen LogP contribution in [0.15, 0.2) is 0 Å². The van der Waals surface area contributed by atoms with E-state index in [-0.39, 0.29) is 0 Å². The lowest BCUT2D eigenvalue weighted by atomic mass is 9.89. The third-order valence-electron chi connectivity index (χ3n) is 2.95. The van der Waals surface area contributed by atoms with E-state index in [0.29, 0.717) is 19.3 Å². The summed E-state index contributed by atoms with van der Waals surface area (Å²) >= 11 is 0. The Bertz CT molecular complexity index is 158. The molecule has 4 nitrogen and oxygen atoms in total. The van der Waals surface area contributed by atoms with Gasteiger partial charge in [0.2, 0.25) is 0 Å². The maximum atomic E-state index is 9.50. The molecule has 1 unspecified atom stereocenters. The SMILES string of the molecule is CONCC(O)COC1CCC(C)CC1. The summed E-state index contributed by atoms with van der Waals surface area (Å²) in [6.07, 6.45) is 4.62. The van der Waals surface area contributed by atoms with Crippen LogP contribution in [0.4, 0.5) is 0 Å². The van der Waals surface area contributed by atoms with Crippen molar-refractivity contribution < 1.29 is 14.7 Å². The first-order chi connectivity index (χ1) is 7.22. The summed E-state index contributed by atoms with van der Waals surface area (Å²) < 4.78 is 5.64. The molecule has 0 saturated heterocycles. The van der Waals surface area contributed by atoms with Crippen LogP contribution in [0, 0.1) is 5.92 Å². The topological polar surface area (TPSA) is 50.7 Å². The molecule has 0 spiro atoms. The third kappa shape index (κ3) is 5.47. The summed E-state index contributed by atoms with van der Waals surface area (Å²) in [6, 6.07) is 0. The molecule has 1 saturated carbocycles. The minimum atomic E-state index is -0.482. The van der Waals surface area contributed by atoms with E-state index in [9.17, 15) is 5.11 Å². The summed E-state index contributed by atoms with van der Waals surface area (Å²) in [7, 11) is 1.54. The molecule has 0 aromatic heterocycles. The Labute approximate surface area is 91.9 Å². The second-order valence-electron chi connectivity index (χ2n) is 4.42. The Morgan fingerprint density at radius 1 is 1.33 bits per heavy atom. The number of ether oxygens (including phenoxy) is 1. The molecule has 1 aliphatic rings. The van der Waals surface area contributed by atoms with Gasteiger partial charge in [0.05, 0.1) is 25.9 Å². The average molecular weight is 217 g/mol. The van der Waals surface area contributed by atoms with Crippen molar-refractivity contribution >= 4 is 0 Å². The summed E-state index contributed by atoms with van der Waals surface area (Å²) in [5, 5.41) is 9.50. The Kier molecular flexibility index (Phi) is 6.17. The fraction of sp³-hybridized carbons (Fsp3) is 1.00. The van der Waals surface area contributed by atoms with Crippen molar-refractivity contribution in [2.24, 2.45) is 5.92 Å². The number of aliphatic hydroxyl groups is 1. The lowest BCUT2D eigenvalue weighted by molar-refractivity contribution is -0.0411. The molecule has 1 fully saturated rings. The van der Waals surface area contributed by atoms with Crippen LogP contribution in [0.2, 0.25) is 0 Å². The number of rotatable bonds is 6. The molecule has 0 radical (unpaired) electrons. The number of hydroxylamine groups is 1. The van der Waals surface area contributed by atoms with Crippen LogP contribution < -0.4 is 5.48 Å². The van der Waals surface area contributed by atoms with Crippen molar-refractivity contribution in [3.8, 4) is 0 Å². The van der Waals surface area contributed by atoms with Crippen molar-refractivity contribution in [1.82, 2.24) is 5.48 Å². The van der Waals surface area contributed by atoms with Gasteiger partial charge in [-0.05, 0) is 31.6 Å². The highest BCUT2D eigenvalue weighted by Crippen LogP contribution is 2.25. The van der Waals surface area contributed by atoms with E-state index in [0.717, 1.165) is 18.8 Å². The molecule has 1 atom stereocenters. The van der Waals surface area contributed by atoms with Crippen molar-refractivity contribution in [3.63, 3.8) is 0 Å². The van der Waals surface area contributed by atoms with Crippen molar-refractivity contribution in [2.45, 2.75) is 44.8 Å². The van der Waals surface area contributed by atoms with E-state index >= 15 is 0 Å². The highest BCUT2D eigenvalue weighted by atomic mass is 16.6. The minimum absolute atomic E-state index is 0.346. The molecule has 90 valence electrons. The normalized spacial score (nSPS) is 29.0. The van der Waals surface area contributed by atoms with Gasteiger partial charge in [0.25, 0.3) is 0 Å². The van der Waals surface area contributed by atoms with Gasteiger partial charge < -0.3 is 14.7 Å². The van der Waals surface area contributed by atoms with Gasteiger partial charge in [-0.1, -0.05) is 6.92 Å². The molecule has 4 heteroatoms. The zero-order valence-corrected chi connectivity index (χ0v) is 9.74. The van der Waals surface area contributed by atoms with E-state index in [2.05, 4.69) is 17.2 Å². The third-order valence-corrected chi connectivity index (χ3v) is 2.95. The Morgan fingerprint density at radius 2 is 2.00 bits per heavy atom. The zero-order valence-electron chi connectivity index (χ0n) is 9.74. The van der Waals surface area contributed by atoms with Gasteiger partial charge in [-0.3, -0.25) is 0 Å². The first-order valence-corrected chi connectivity index (χ1v) is 5.78. The summed E-state index contributed by atoms with van der Waals surface area (Å²) in [6.45, 7) is 3.10. The van der Waals surface area contributed by atoms with E-state index in [1.165, 1.54) is 20.0 Å². The number of aliphatic hydroxyl groups excluding tert-OH is 1. The van der Waals surface area contributed by atoms with Crippen LogP contribution in [0.5, 0.6) is 0 Å². The largest absolute Gasteiger partial charge is 0.389 e. The standard InChI is InChI=1S/C11H23NO3/c1-9-3-5-11(6-4-9)15-8-10(13)7-12-14-2/h9-13H,3-8H2,1-2H3. The molecule has 0 aromatic rings. The van der Waals surface area contributed by atoms with Gasteiger partial charge in [-0.15, -0.1) is 0 Å².